The Morgan fingerprint density at radius 2 is 1.48 bits per heavy atom. The van der Waals surface area contributed by atoms with Crippen LogP contribution >= 0.6 is 0 Å². The molecule has 0 aliphatic carbocycles. The molecule has 114 valence electrons. The van der Waals surface area contributed by atoms with Gasteiger partial charge in [0.1, 0.15) is 0 Å². The summed E-state index contributed by atoms with van der Waals surface area (Å²) in [5.74, 6) is -0.862. The van der Waals surface area contributed by atoms with Crippen LogP contribution in [0.3, 0.4) is 0 Å². The van der Waals surface area contributed by atoms with Crippen LogP contribution in [0.4, 0.5) is 5.69 Å². The highest BCUT2D eigenvalue weighted by Gasteiger charge is 2.36. The minimum Gasteiger partial charge on any atom is -0.267 e. The maximum atomic E-state index is 12.3. The van der Waals surface area contributed by atoms with Crippen molar-refractivity contribution in [3.63, 3.8) is 0 Å². The number of hydrogen-bond donors (Lipinski definition) is 0. The number of carbonyl (C=O) groups is 2. The number of carbonyl (C=O) groups excluding carboxylic acids is 2. The van der Waals surface area contributed by atoms with Gasteiger partial charge in [0.15, 0.2) is 0 Å². The second-order valence-electron chi connectivity index (χ2n) is 5.50. The average Bonchev–Trinajstić information content (AvgIpc) is 2.84. The Balaban J connectivity index is 1.62. The van der Waals surface area contributed by atoms with E-state index in [0.717, 1.165) is 23.5 Å². The Labute approximate surface area is 133 Å². The maximum absolute atomic E-state index is 12.3. The number of para-hydroxylation sites is 1. The van der Waals surface area contributed by atoms with Gasteiger partial charge in [-0.05, 0) is 47.1 Å². The molecule has 0 radical (unpaired) electrons. The van der Waals surface area contributed by atoms with E-state index in [1.165, 1.54) is 5.56 Å². The third kappa shape index (κ3) is 2.19. The van der Waals surface area contributed by atoms with Gasteiger partial charge in [0.05, 0.1) is 16.8 Å². The maximum Gasteiger partial charge on any atom is 0.283 e. The summed E-state index contributed by atoms with van der Waals surface area (Å²) in [6, 6.07) is 14.7. The lowest BCUT2D eigenvalue weighted by Crippen LogP contribution is -2.27. The third-order valence-corrected chi connectivity index (χ3v) is 4.10. The summed E-state index contributed by atoms with van der Waals surface area (Å²) in [5.41, 5.74) is 2.91. The summed E-state index contributed by atoms with van der Waals surface area (Å²) in [4.78, 5) is 24.5. The molecule has 2 heterocycles. The van der Waals surface area contributed by atoms with E-state index < -0.39 is 11.8 Å². The molecule has 6 nitrogen and oxygen atoms in total. The van der Waals surface area contributed by atoms with Gasteiger partial charge >= 0.3 is 0 Å². The van der Waals surface area contributed by atoms with Crippen LogP contribution in [0.2, 0.25) is 0 Å². The van der Waals surface area contributed by atoms with Gasteiger partial charge in [0.2, 0.25) is 0 Å². The molecule has 0 spiro atoms. The molecule has 0 N–H and O–H groups in total. The lowest BCUT2D eigenvalue weighted by molar-refractivity contribution is 0.0643. The van der Waals surface area contributed by atoms with E-state index in [2.05, 4.69) is 16.5 Å². The van der Waals surface area contributed by atoms with E-state index in [1.54, 1.807) is 29.3 Å². The van der Waals surface area contributed by atoms with Gasteiger partial charge < -0.3 is 0 Å². The van der Waals surface area contributed by atoms with E-state index in [0.29, 0.717) is 17.7 Å². The molecule has 0 unspecified atom stereocenters. The predicted octanol–water partition coefficient (Wildman–Crippen LogP) is 3.02. The quantitative estimate of drug-likeness (QED) is 0.633. The first-order chi connectivity index (χ1) is 11.3. The van der Waals surface area contributed by atoms with Gasteiger partial charge in [-0.15, -0.1) is 5.01 Å². The molecule has 0 atom stereocenters. The Morgan fingerprint density at radius 1 is 0.826 bits per heavy atom. The molecule has 2 amide bonds. The molecule has 23 heavy (non-hydrogen) atoms. The van der Waals surface area contributed by atoms with E-state index >= 15 is 0 Å². The molecular weight excluding hydrogens is 292 g/mol. The first kappa shape index (κ1) is 13.6. The van der Waals surface area contributed by atoms with E-state index in [1.807, 2.05) is 18.2 Å². The molecule has 0 saturated heterocycles. The largest absolute Gasteiger partial charge is 0.283 e. The predicted molar refractivity (Wildman–Crippen MR) is 83.9 cm³/mol. The zero-order chi connectivity index (χ0) is 15.8. The Morgan fingerprint density at radius 3 is 2.22 bits per heavy atom. The van der Waals surface area contributed by atoms with Gasteiger partial charge in [-0.25, -0.2) is 5.01 Å². The molecule has 2 aromatic carbocycles. The molecule has 0 saturated carbocycles. The molecule has 0 fully saturated rings. The first-order valence-corrected chi connectivity index (χ1v) is 7.50. The Kier molecular flexibility index (Phi) is 3.15. The molecule has 2 aromatic rings. The smallest absolute Gasteiger partial charge is 0.267 e. The van der Waals surface area contributed by atoms with Crippen LogP contribution in [-0.4, -0.2) is 23.4 Å². The highest BCUT2D eigenvalue weighted by atomic mass is 16.2. The monoisotopic (exact) mass is 306 g/mol. The minimum absolute atomic E-state index is 0.371. The number of rotatable bonds is 2. The minimum atomic E-state index is -0.431. The van der Waals surface area contributed by atoms with E-state index in [4.69, 9.17) is 0 Å². The summed E-state index contributed by atoms with van der Waals surface area (Å²) >= 11 is 0. The van der Waals surface area contributed by atoms with Gasteiger partial charge in [0.25, 0.3) is 11.8 Å². The number of benzene rings is 2. The Bertz CT molecular complexity index is 796. The van der Waals surface area contributed by atoms with Crippen LogP contribution in [0.15, 0.2) is 59.0 Å². The molecule has 2 aliphatic rings. The third-order valence-electron chi connectivity index (χ3n) is 4.10. The number of nitrogens with zero attached hydrogens (tertiary/aromatic N) is 4. The van der Waals surface area contributed by atoms with Crippen LogP contribution in [0.5, 0.6) is 0 Å². The van der Waals surface area contributed by atoms with Crippen molar-refractivity contribution in [3.05, 3.63) is 65.2 Å². The fraction of sp³-hybridized carbons (Fsp3) is 0.176. The van der Waals surface area contributed by atoms with Crippen LogP contribution in [0.1, 0.15) is 32.7 Å². The number of fused-ring (bicyclic) bond motifs is 2. The average molecular weight is 306 g/mol. The molecular formula is C17H14N4O2. The summed E-state index contributed by atoms with van der Waals surface area (Å²) in [5, 5.41) is 10.6. The van der Waals surface area contributed by atoms with Crippen LogP contribution in [-0.2, 0) is 6.42 Å². The standard InChI is InChI=1S/C17H14N4O2/c22-16-13-8-2-3-9-14(13)17(23)21(16)19-18-20-11-5-7-12-6-1-4-10-15(12)20/h1-4,6,8-10H,5,7,11H2. The van der Waals surface area contributed by atoms with Crippen molar-refractivity contribution in [2.75, 3.05) is 11.6 Å². The molecule has 6 heteroatoms. The number of hydrogen-bond acceptors (Lipinski definition) is 4. The first-order valence-electron chi connectivity index (χ1n) is 7.50. The van der Waals surface area contributed by atoms with Crippen molar-refractivity contribution in [2.24, 2.45) is 10.4 Å². The van der Waals surface area contributed by atoms with Crippen molar-refractivity contribution in [2.45, 2.75) is 12.8 Å². The topological polar surface area (TPSA) is 65.3 Å². The van der Waals surface area contributed by atoms with Gasteiger partial charge in [-0.3, -0.25) is 9.59 Å². The van der Waals surface area contributed by atoms with Crippen molar-refractivity contribution in [1.82, 2.24) is 5.01 Å². The fourth-order valence-corrected chi connectivity index (χ4v) is 2.95. The van der Waals surface area contributed by atoms with Gasteiger partial charge in [0, 0.05) is 6.54 Å². The molecule has 2 aliphatic heterocycles. The highest BCUT2D eigenvalue weighted by Crippen LogP contribution is 2.28. The van der Waals surface area contributed by atoms with E-state index in [-0.39, 0.29) is 0 Å². The summed E-state index contributed by atoms with van der Waals surface area (Å²) in [6.07, 6.45) is 1.95. The normalized spacial score (nSPS) is 16.9. The molecule has 4 rings (SSSR count). The number of imide groups is 1. The van der Waals surface area contributed by atoms with Crippen molar-refractivity contribution >= 4 is 17.5 Å². The van der Waals surface area contributed by atoms with Crippen molar-refractivity contribution < 1.29 is 9.59 Å². The van der Waals surface area contributed by atoms with Crippen LogP contribution in [0.25, 0.3) is 0 Å². The van der Waals surface area contributed by atoms with E-state index in [9.17, 15) is 9.59 Å². The second-order valence-corrected chi connectivity index (χ2v) is 5.50. The number of amides is 2. The summed E-state index contributed by atoms with van der Waals surface area (Å²) < 4.78 is 0. The van der Waals surface area contributed by atoms with Crippen molar-refractivity contribution in [3.8, 4) is 0 Å². The van der Waals surface area contributed by atoms with Gasteiger partial charge in [-0.2, -0.15) is 0 Å². The highest BCUT2D eigenvalue weighted by molar-refractivity contribution is 6.20. The number of anilines is 1. The SMILES string of the molecule is O=C1c2ccccc2C(=O)N1N=NN1CCCc2ccccc21. The molecule has 0 aromatic heterocycles. The fourth-order valence-electron chi connectivity index (χ4n) is 2.95. The van der Waals surface area contributed by atoms with Crippen molar-refractivity contribution in [1.29, 1.82) is 0 Å². The lowest BCUT2D eigenvalue weighted by atomic mass is 10.0. The molecule has 0 bridgehead atoms. The summed E-state index contributed by atoms with van der Waals surface area (Å²) in [7, 11) is 0. The summed E-state index contributed by atoms with van der Waals surface area (Å²) in [6.45, 7) is 0.712. The van der Waals surface area contributed by atoms with Crippen LogP contribution < -0.4 is 5.01 Å². The van der Waals surface area contributed by atoms with Gasteiger partial charge in [-0.1, -0.05) is 30.3 Å². The second kappa shape index (κ2) is 5.31. The van der Waals surface area contributed by atoms with Crippen LogP contribution in [0, 0.1) is 0 Å². The number of aryl methyl sites for hydroxylation is 1. The lowest BCUT2D eigenvalue weighted by Gasteiger charge is -2.25. The zero-order valence-electron chi connectivity index (χ0n) is 12.3. The zero-order valence-corrected chi connectivity index (χ0v) is 12.3. The Hall–Kier alpha value is -3.02.